The SMILES string of the molecule is CCC[C@@H](N)C(=O)N1CCC(CCC)(C(=O)O)CC1. The van der Waals surface area contributed by atoms with Crippen molar-refractivity contribution in [3.05, 3.63) is 0 Å². The Kier molecular flexibility index (Phi) is 5.79. The van der Waals surface area contributed by atoms with E-state index in [0.29, 0.717) is 38.8 Å². The van der Waals surface area contributed by atoms with Crippen molar-refractivity contribution in [2.45, 2.75) is 58.4 Å². The first-order chi connectivity index (χ1) is 8.96. The van der Waals surface area contributed by atoms with Crippen LogP contribution in [0.25, 0.3) is 0 Å². The first kappa shape index (κ1) is 16.0. The molecule has 0 aromatic carbocycles. The molecule has 5 nitrogen and oxygen atoms in total. The molecular weight excluding hydrogens is 244 g/mol. The molecule has 0 aliphatic carbocycles. The Labute approximate surface area is 115 Å². The number of nitrogens with two attached hydrogens (primary N) is 1. The van der Waals surface area contributed by atoms with Gasteiger partial charge in [0.1, 0.15) is 0 Å². The van der Waals surface area contributed by atoms with Crippen LogP contribution in [0, 0.1) is 5.41 Å². The van der Waals surface area contributed by atoms with E-state index in [9.17, 15) is 14.7 Å². The summed E-state index contributed by atoms with van der Waals surface area (Å²) in [6.07, 6.45) is 4.20. The van der Waals surface area contributed by atoms with Crippen molar-refractivity contribution < 1.29 is 14.7 Å². The minimum Gasteiger partial charge on any atom is -0.481 e. The molecule has 0 aromatic heterocycles. The first-order valence-electron chi connectivity index (χ1n) is 7.24. The molecule has 19 heavy (non-hydrogen) atoms. The lowest BCUT2D eigenvalue weighted by Gasteiger charge is -2.39. The molecule has 1 atom stereocenters. The van der Waals surface area contributed by atoms with Crippen molar-refractivity contribution >= 4 is 11.9 Å². The van der Waals surface area contributed by atoms with Gasteiger partial charge in [0.25, 0.3) is 0 Å². The number of hydrogen-bond donors (Lipinski definition) is 2. The van der Waals surface area contributed by atoms with Crippen molar-refractivity contribution in [1.82, 2.24) is 4.90 Å². The van der Waals surface area contributed by atoms with Crippen molar-refractivity contribution in [3.63, 3.8) is 0 Å². The number of amides is 1. The molecule has 0 saturated carbocycles. The largest absolute Gasteiger partial charge is 0.481 e. The quantitative estimate of drug-likeness (QED) is 0.768. The van der Waals surface area contributed by atoms with E-state index in [-0.39, 0.29) is 5.91 Å². The van der Waals surface area contributed by atoms with E-state index < -0.39 is 17.4 Å². The maximum atomic E-state index is 12.1. The van der Waals surface area contributed by atoms with E-state index >= 15 is 0 Å². The van der Waals surface area contributed by atoms with Crippen LogP contribution in [0.15, 0.2) is 0 Å². The lowest BCUT2D eigenvalue weighted by molar-refractivity contribution is -0.155. The fraction of sp³-hybridized carbons (Fsp3) is 0.857. The Balaban J connectivity index is 2.60. The van der Waals surface area contributed by atoms with Gasteiger partial charge in [0.05, 0.1) is 11.5 Å². The van der Waals surface area contributed by atoms with Crippen molar-refractivity contribution in [2.75, 3.05) is 13.1 Å². The predicted octanol–water partition coefficient (Wildman–Crippen LogP) is 1.61. The summed E-state index contributed by atoms with van der Waals surface area (Å²) in [5, 5.41) is 9.41. The van der Waals surface area contributed by atoms with Gasteiger partial charge in [0.2, 0.25) is 5.91 Å². The molecule has 110 valence electrons. The van der Waals surface area contributed by atoms with E-state index in [1.807, 2.05) is 13.8 Å². The van der Waals surface area contributed by atoms with Crippen LogP contribution < -0.4 is 5.73 Å². The third-order valence-corrected chi connectivity index (χ3v) is 4.13. The lowest BCUT2D eigenvalue weighted by atomic mass is 9.75. The maximum Gasteiger partial charge on any atom is 0.309 e. The second-order valence-corrected chi connectivity index (χ2v) is 5.56. The highest BCUT2D eigenvalue weighted by Crippen LogP contribution is 2.36. The summed E-state index contributed by atoms with van der Waals surface area (Å²) < 4.78 is 0. The molecule has 1 heterocycles. The first-order valence-corrected chi connectivity index (χ1v) is 7.24. The van der Waals surface area contributed by atoms with Crippen molar-refractivity contribution in [1.29, 1.82) is 0 Å². The summed E-state index contributed by atoms with van der Waals surface area (Å²) in [7, 11) is 0. The Hall–Kier alpha value is -1.10. The number of rotatable bonds is 6. The molecule has 1 aliphatic rings. The Morgan fingerprint density at radius 3 is 2.26 bits per heavy atom. The minimum atomic E-state index is -0.723. The summed E-state index contributed by atoms with van der Waals surface area (Å²) in [5.41, 5.74) is 5.20. The van der Waals surface area contributed by atoms with Crippen molar-refractivity contribution in [2.24, 2.45) is 11.1 Å². The zero-order chi connectivity index (χ0) is 14.5. The molecule has 1 aliphatic heterocycles. The highest BCUT2D eigenvalue weighted by atomic mass is 16.4. The molecule has 1 amide bonds. The Morgan fingerprint density at radius 1 is 1.26 bits per heavy atom. The Bertz CT molecular complexity index is 323. The van der Waals surface area contributed by atoms with Crippen LogP contribution in [-0.4, -0.2) is 41.0 Å². The smallest absolute Gasteiger partial charge is 0.309 e. The van der Waals surface area contributed by atoms with Gasteiger partial charge in [-0.25, -0.2) is 0 Å². The number of carbonyl (C=O) groups is 2. The zero-order valence-electron chi connectivity index (χ0n) is 12.0. The van der Waals surface area contributed by atoms with Crippen LogP contribution in [0.4, 0.5) is 0 Å². The number of carbonyl (C=O) groups excluding carboxylic acids is 1. The van der Waals surface area contributed by atoms with E-state index in [1.54, 1.807) is 4.90 Å². The summed E-state index contributed by atoms with van der Waals surface area (Å²) in [6, 6.07) is -0.437. The summed E-state index contributed by atoms with van der Waals surface area (Å²) in [4.78, 5) is 25.3. The molecule has 5 heteroatoms. The molecular formula is C14H26N2O3. The number of carboxylic acid groups (broad SMARTS) is 1. The van der Waals surface area contributed by atoms with Gasteiger partial charge in [0, 0.05) is 13.1 Å². The van der Waals surface area contributed by atoms with Crippen molar-refractivity contribution in [3.8, 4) is 0 Å². The van der Waals surface area contributed by atoms with Gasteiger partial charge in [-0.05, 0) is 25.7 Å². The third kappa shape index (κ3) is 3.69. The minimum absolute atomic E-state index is 0.0302. The van der Waals surface area contributed by atoms with Gasteiger partial charge in [0.15, 0.2) is 0 Å². The molecule has 3 N–H and O–H groups in total. The van der Waals surface area contributed by atoms with Crippen LogP contribution in [-0.2, 0) is 9.59 Å². The highest BCUT2D eigenvalue weighted by molar-refractivity contribution is 5.82. The molecule has 0 radical (unpaired) electrons. The van der Waals surface area contributed by atoms with Crippen LogP contribution in [0.1, 0.15) is 52.4 Å². The Morgan fingerprint density at radius 2 is 1.84 bits per heavy atom. The standard InChI is InChI=1S/C14H26N2O3/c1-3-5-11(15)12(17)16-9-7-14(6-4-2,8-10-16)13(18)19/h11H,3-10,15H2,1-2H3,(H,18,19)/t11-/m1/s1. The molecule has 1 saturated heterocycles. The average Bonchev–Trinajstić information content (AvgIpc) is 2.39. The number of carboxylic acids is 1. The zero-order valence-corrected chi connectivity index (χ0v) is 12.0. The summed E-state index contributed by atoms with van der Waals surface area (Å²) in [5.74, 6) is -0.753. The number of piperidine rings is 1. The number of likely N-dealkylation sites (tertiary alicyclic amines) is 1. The normalized spacial score (nSPS) is 20.1. The van der Waals surface area contributed by atoms with E-state index in [1.165, 1.54) is 0 Å². The average molecular weight is 270 g/mol. The topological polar surface area (TPSA) is 83.6 Å². The third-order valence-electron chi connectivity index (χ3n) is 4.13. The monoisotopic (exact) mass is 270 g/mol. The van der Waals surface area contributed by atoms with Gasteiger partial charge in [-0.3, -0.25) is 9.59 Å². The van der Waals surface area contributed by atoms with Gasteiger partial charge in [-0.2, -0.15) is 0 Å². The van der Waals surface area contributed by atoms with E-state index in [0.717, 1.165) is 12.8 Å². The van der Waals surface area contributed by atoms with E-state index in [4.69, 9.17) is 5.73 Å². The predicted molar refractivity (Wildman–Crippen MR) is 73.7 cm³/mol. The molecule has 0 aromatic rings. The molecule has 0 bridgehead atoms. The number of hydrogen-bond acceptors (Lipinski definition) is 3. The van der Waals surface area contributed by atoms with Gasteiger partial charge >= 0.3 is 5.97 Å². The van der Waals surface area contributed by atoms with E-state index in [2.05, 4.69) is 0 Å². The summed E-state index contributed by atoms with van der Waals surface area (Å²) in [6.45, 7) is 5.03. The molecule has 0 unspecified atom stereocenters. The molecule has 0 spiro atoms. The number of nitrogens with zero attached hydrogens (tertiary/aromatic N) is 1. The van der Waals surface area contributed by atoms with Crippen LogP contribution in [0.3, 0.4) is 0 Å². The fourth-order valence-corrected chi connectivity index (χ4v) is 2.87. The second-order valence-electron chi connectivity index (χ2n) is 5.56. The van der Waals surface area contributed by atoms with Crippen LogP contribution >= 0.6 is 0 Å². The fourth-order valence-electron chi connectivity index (χ4n) is 2.87. The molecule has 1 rings (SSSR count). The number of aliphatic carboxylic acids is 1. The van der Waals surface area contributed by atoms with Gasteiger partial charge < -0.3 is 15.7 Å². The highest BCUT2D eigenvalue weighted by Gasteiger charge is 2.41. The lowest BCUT2D eigenvalue weighted by Crippen LogP contribution is -2.51. The maximum absolute atomic E-state index is 12.1. The molecule has 1 fully saturated rings. The van der Waals surface area contributed by atoms with Gasteiger partial charge in [-0.15, -0.1) is 0 Å². The van der Waals surface area contributed by atoms with Crippen LogP contribution in [0.2, 0.25) is 0 Å². The van der Waals surface area contributed by atoms with Crippen LogP contribution in [0.5, 0.6) is 0 Å². The summed E-state index contributed by atoms with van der Waals surface area (Å²) >= 11 is 0. The van der Waals surface area contributed by atoms with Gasteiger partial charge in [-0.1, -0.05) is 26.7 Å². The second kappa shape index (κ2) is 6.89.